The number of thiazole rings is 1. The van der Waals surface area contributed by atoms with Gasteiger partial charge in [-0.2, -0.15) is 10.2 Å². The third-order valence-corrected chi connectivity index (χ3v) is 7.66. The van der Waals surface area contributed by atoms with Crippen molar-refractivity contribution in [3.05, 3.63) is 30.0 Å². The van der Waals surface area contributed by atoms with Crippen molar-refractivity contribution in [1.82, 2.24) is 35.2 Å². The minimum absolute atomic E-state index is 0.0277. The molecular formula is C21H26F2N8OS. The van der Waals surface area contributed by atoms with Crippen LogP contribution in [0, 0.1) is 0 Å². The fourth-order valence-electron chi connectivity index (χ4n) is 4.82. The number of H-pyrrole nitrogens is 1. The van der Waals surface area contributed by atoms with Crippen LogP contribution in [0.4, 0.5) is 8.78 Å². The predicted octanol–water partition coefficient (Wildman–Crippen LogP) is 2.82. The van der Waals surface area contributed by atoms with Gasteiger partial charge >= 0.3 is 0 Å². The smallest absolute Gasteiger partial charge is 0.282 e. The summed E-state index contributed by atoms with van der Waals surface area (Å²) in [6.07, 6.45) is 5.83. The molecule has 4 N–H and O–H groups in total. The number of amides is 1. The lowest BCUT2D eigenvalue weighted by atomic mass is 9.90. The number of alkyl halides is 2. The molecule has 9 nitrogen and oxygen atoms in total. The lowest BCUT2D eigenvalue weighted by Crippen LogP contribution is -2.49. The second-order valence-electron chi connectivity index (χ2n) is 8.51. The Labute approximate surface area is 193 Å². The Bertz CT molecular complexity index is 1100. The molecule has 2 fully saturated rings. The molecule has 0 aromatic carbocycles. The van der Waals surface area contributed by atoms with E-state index in [0.29, 0.717) is 21.5 Å². The Morgan fingerprint density at radius 2 is 1.91 bits per heavy atom. The van der Waals surface area contributed by atoms with Gasteiger partial charge in [-0.05, 0) is 25.7 Å². The maximum Gasteiger partial charge on any atom is 0.282 e. The summed E-state index contributed by atoms with van der Waals surface area (Å²) in [7, 11) is 0. The van der Waals surface area contributed by atoms with Crippen LogP contribution in [0.25, 0.3) is 21.0 Å². The van der Waals surface area contributed by atoms with E-state index in [4.69, 9.17) is 5.73 Å². The number of nitrogens with two attached hydrogens (primary N) is 1. The van der Waals surface area contributed by atoms with Crippen LogP contribution in [0.3, 0.4) is 0 Å². The predicted molar refractivity (Wildman–Crippen MR) is 120 cm³/mol. The average molecular weight is 477 g/mol. The molecule has 0 unspecified atom stereocenters. The summed E-state index contributed by atoms with van der Waals surface area (Å²) >= 11 is 1.14. The van der Waals surface area contributed by atoms with Gasteiger partial charge in [-0.25, -0.2) is 13.8 Å². The Hall–Kier alpha value is -2.70. The molecule has 176 valence electrons. The lowest BCUT2D eigenvalue weighted by Gasteiger charge is -2.39. The molecule has 12 heteroatoms. The second-order valence-corrected chi connectivity index (χ2v) is 9.50. The Morgan fingerprint density at radius 3 is 2.55 bits per heavy atom. The molecule has 3 aromatic rings. The van der Waals surface area contributed by atoms with Gasteiger partial charge < -0.3 is 11.1 Å². The molecule has 0 radical (unpaired) electrons. The molecule has 0 atom stereocenters. The van der Waals surface area contributed by atoms with E-state index >= 15 is 0 Å². The van der Waals surface area contributed by atoms with Crippen LogP contribution < -0.4 is 11.1 Å². The Morgan fingerprint density at radius 1 is 1.18 bits per heavy atom. The molecule has 2 aliphatic rings. The topological polar surface area (TPSA) is 118 Å². The number of primary amides is 1. The summed E-state index contributed by atoms with van der Waals surface area (Å²) in [6.45, 7) is 4.13. The van der Waals surface area contributed by atoms with Crippen LogP contribution in [0.1, 0.15) is 54.3 Å². The summed E-state index contributed by atoms with van der Waals surface area (Å²) in [5.74, 6) is -0.763. The zero-order chi connectivity index (χ0) is 22.9. The van der Waals surface area contributed by atoms with Crippen LogP contribution >= 0.6 is 11.3 Å². The van der Waals surface area contributed by atoms with Crippen molar-refractivity contribution in [3.8, 4) is 21.0 Å². The molecule has 3 aromatic heterocycles. The number of aromatic amines is 1. The summed E-state index contributed by atoms with van der Waals surface area (Å²) < 4.78 is 29.6. The maximum atomic E-state index is 14.0. The molecule has 1 amide bonds. The fraction of sp³-hybridized carbons (Fsp3) is 0.524. The molecular weight excluding hydrogens is 450 g/mol. The fourth-order valence-corrected chi connectivity index (χ4v) is 5.89. The summed E-state index contributed by atoms with van der Waals surface area (Å²) in [6, 6.07) is 0.585. The Balaban J connectivity index is 1.42. The van der Waals surface area contributed by atoms with Crippen LogP contribution in [0.5, 0.6) is 0 Å². The maximum absolute atomic E-state index is 14.0. The number of halogens is 2. The van der Waals surface area contributed by atoms with E-state index in [1.54, 1.807) is 23.3 Å². The van der Waals surface area contributed by atoms with E-state index < -0.39 is 12.3 Å². The highest BCUT2D eigenvalue weighted by molar-refractivity contribution is 7.18. The summed E-state index contributed by atoms with van der Waals surface area (Å²) in [5.41, 5.74) is 6.04. The largest absolute Gasteiger partial charge is 0.364 e. The van der Waals surface area contributed by atoms with Crippen molar-refractivity contribution >= 4 is 17.2 Å². The van der Waals surface area contributed by atoms with E-state index in [1.165, 1.54) is 0 Å². The monoisotopic (exact) mass is 476 g/mol. The lowest BCUT2D eigenvalue weighted by molar-refractivity contribution is 0.0996. The number of rotatable bonds is 6. The third kappa shape index (κ3) is 4.42. The molecule has 5 rings (SSSR count). The molecule has 1 aliphatic carbocycles. The molecule has 1 saturated carbocycles. The van der Waals surface area contributed by atoms with Gasteiger partial charge in [0, 0.05) is 55.7 Å². The molecule has 0 spiro atoms. The van der Waals surface area contributed by atoms with E-state index in [1.807, 2.05) is 0 Å². The first-order chi connectivity index (χ1) is 16.0. The van der Waals surface area contributed by atoms with E-state index in [-0.39, 0.29) is 23.0 Å². The van der Waals surface area contributed by atoms with Gasteiger partial charge in [0.15, 0.2) is 0 Å². The van der Waals surface area contributed by atoms with Gasteiger partial charge in [-0.3, -0.25) is 19.5 Å². The second kappa shape index (κ2) is 9.27. The third-order valence-electron chi connectivity index (χ3n) is 6.53. The molecule has 33 heavy (non-hydrogen) atoms. The number of aromatic nitrogens is 5. The highest BCUT2D eigenvalue weighted by atomic mass is 32.1. The van der Waals surface area contributed by atoms with Crippen molar-refractivity contribution in [3.63, 3.8) is 0 Å². The van der Waals surface area contributed by atoms with Crippen LogP contribution in [-0.4, -0.2) is 68.0 Å². The number of hydrogen-bond acceptors (Lipinski definition) is 7. The van der Waals surface area contributed by atoms with Crippen molar-refractivity contribution in [1.29, 1.82) is 0 Å². The number of nitrogens with one attached hydrogen (secondary N) is 2. The molecule has 1 aliphatic heterocycles. The standard InChI is InChI=1S/C21H26F2N8OS/c22-19(23)16-15(18-17(20(24)32)28-21(33-18)12-9-26-27-10-12)11-31(29-16)14-3-1-13(2-4-14)30-7-5-25-6-8-30/h9-11,13-14,19,25H,1-8H2,(H2,24,32)(H,26,27). The molecule has 1 saturated heterocycles. The molecule has 4 heterocycles. The van der Waals surface area contributed by atoms with E-state index in [9.17, 15) is 13.6 Å². The first-order valence-electron chi connectivity index (χ1n) is 11.1. The van der Waals surface area contributed by atoms with Crippen LogP contribution in [0.2, 0.25) is 0 Å². The highest BCUT2D eigenvalue weighted by Gasteiger charge is 2.31. The van der Waals surface area contributed by atoms with Crippen LogP contribution in [-0.2, 0) is 0 Å². The minimum Gasteiger partial charge on any atom is -0.364 e. The van der Waals surface area contributed by atoms with Crippen molar-refractivity contribution in [2.75, 3.05) is 26.2 Å². The summed E-state index contributed by atoms with van der Waals surface area (Å²) in [5, 5.41) is 14.7. The zero-order valence-corrected chi connectivity index (χ0v) is 18.8. The van der Waals surface area contributed by atoms with Crippen molar-refractivity contribution < 1.29 is 13.6 Å². The van der Waals surface area contributed by atoms with Gasteiger partial charge in [0.2, 0.25) is 0 Å². The summed E-state index contributed by atoms with van der Waals surface area (Å²) in [4.78, 5) is 19.2. The number of nitrogens with zero attached hydrogens (tertiary/aromatic N) is 5. The number of carbonyl (C=O) groups is 1. The number of carbonyl (C=O) groups excluding carboxylic acids is 1. The minimum atomic E-state index is -2.78. The number of hydrogen-bond donors (Lipinski definition) is 3. The average Bonchev–Trinajstić information content (AvgIpc) is 3.58. The van der Waals surface area contributed by atoms with E-state index in [2.05, 4.69) is 30.5 Å². The van der Waals surface area contributed by atoms with Gasteiger partial charge in [-0.15, -0.1) is 11.3 Å². The SMILES string of the molecule is NC(=O)c1nc(-c2cn[nH]c2)sc1-c1cn(C2CCC(N3CCNCC3)CC2)nc1C(F)F. The zero-order valence-electron chi connectivity index (χ0n) is 18.0. The van der Waals surface area contributed by atoms with Gasteiger partial charge in [-0.1, -0.05) is 0 Å². The van der Waals surface area contributed by atoms with E-state index in [0.717, 1.165) is 63.2 Å². The highest BCUT2D eigenvalue weighted by Crippen LogP contribution is 2.41. The van der Waals surface area contributed by atoms with Crippen molar-refractivity contribution in [2.24, 2.45) is 5.73 Å². The quantitative estimate of drug-likeness (QED) is 0.504. The normalized spacial score (nSPS) is 22.2. The van der Waals surface area contributed by atoms with Gasteiger partial charge in [0.1, 0.15) is 16.4 Å². The van der Waals surface area contributed by atoms with Crippen LogP contribution in [0.15, 0.2) is 18.6 Å². The first kappa shape index (κ1) is 22.1. The first-order valence-corrected chi connectivity index (χ1v) is 11.9. The van der Waals surface area contributed by atoms with Gasteiger partial charge in [0.25, 0.3) is 12.3 Å². The Kier molecular flexibility index (Phi) is 6.21. The number of piperazine rings is 1. The van der Waals surface area contributed by atoms with Gasteiger partial charge in [0.05, 0.1) is 17.1 Å². The van der Waals surface area contributed by atoms with Crippen molar-refractivity contribution in [2.45, 2.75) is 44.2 Å². The molecule has 0 bridgehead atoms.